The Kier molecular flexibility index (Phi) is 6.51. The van der Waals surface area contributed by atoms with Crippen LogP contribution in [0.25, 0.3) is 0 Å². The second-order valence-electron chi connectivity index (χ2n) is 5.33. The molecule has 1 heterocycles. The minimum Gasteiger partial charge on any atom is -0.491 e. The van der Waals surface area contributed by atoms with Crippen LogP contribution in [0.15, 0.2) is 36.5 Å². The number of hydrogen-bond acceptors (Lipinski definition) is 6. The van der Waals surface area contributed by atoms with Crippen molar-refractivity contribution in [3.05, 3.63) is 42.2 Å². The van der Waals surface area contributed by atoms with Crippen molar-refractivity contribution >= 4 is 17.5 Å². The molecule has 2 aromatic rings. The molecule has 0 saturated heterocycles. The monoisotopic (exact) mass is 330 g/mol. The maximum atomic E-state index is 12.0. The molecule has 0 spiro atoms. The Morgan fingerprint density at radius 2 is 1.96 bits per heavy atom. The van der Waals surface area contributed by atoms with Crippen molar-refractivity contribution in [2.75, 3.05) is 25.6 Å². The number of benzene rings is 1. The van der Waals surface area contributed by atoms with Gasteiger partial charge in [0.15, 0.2) is 0 Å². The van der Waals surface area contributed by atoms with Gasteiger partial charge in [-0.1, -0.05) is 0 Å². The third-order valence-electron chi connectivity index (χ3n) is 2.96. The van der Waals surface area contributed by atoms with Gasteiger partial charge in [-0.15, -0.1) is 0 Å². The van der Waals surface area contributed by atoms with Gasteiger partial charge < -0.3 is 20.1 Å². The summed E-state index contributed by atoms with van der Waals surface area (Å²) in [6.07, 6.45) is 1.66. The SMILES string of the molecule is COCCNC(=O)c1ccnc(Nc2ccc(OC(C)C)cc2)n1. The fraction of sp³-hybridized carbons (Fsp3) is 0.353. The number of aromatic nitrogens is 2. The fourth-order valence-electron chi connectivity index (χ4n) is 1.92. The van der Waals surface area contributed by atoms with Crippen molar-refractivity contribution in [1.82, 2.24) is 15.3 Å². The number of hydrogen-bond donors (Lipinski definition) is 2. The van der Waals surface area contributed by atoms with E-state index in [0.29, 0.717) is 24.8 Å². The van der Waals surface area contributed by atoms with Crippen LogP contribution in [0.2, 0.25) is 0 Å². The molecule has 0 aliphatic rings. The van der Waals surface area contributed by atoms with E-state index in [2.05, 4.69) is 20.6 Å². The van der Waals surface area contributed by atoms with E-state index in [0.717, 1.165) is 11.4 Å². The molecule has 7 nitrogen and oxygen atoms in total. The normalized spacial score (nSPS) is 10.5. The van der Waals surface area contributed by atoms with Gasteiger partial charge in [0.05, 0.1) is 12.7 Å². The molecule has 1 aromatic heterocycles. The number of carbonyl (C=O) groups is 1. The van der Waals surface area contributed by atoms with Gasteiger partial charge in [-0.2, -0.15) is 0 Å². The Labute approximate surface area is 141 Å². The largest absolute Gasteiger partial charge is 0.491 e. The van der Waals surface area contributed by atoms with Crippen LogP contribution in [0.5, 0.6) is 5.75 Å². The third-order valence-corrected chi connectivity index (χ3v) is 2.96. The first-order chi connectivity index (χ1) is 11.6. The van der Waals surface area contributed by atoms with E-state index >= 15 is 0 Å². The molecule has 1 amide bonds. The standard InChI is InChI=1S/C17H22N4O3/c1-12(2)24-14-6-4-13(5-7-14)20-17-19-9-8-15(21-17)16(22)18-10-11-23-3/h4-9,12H,10-11H2,1-3H3,(H,18,22)(H,19,20,21). The summed E-state index contributed by atoms with van der Waals surface area (Å²) in [6, 6.07) is 9.03. The zero-order valence-electron chi connectivity index (χ0n) is 14.1. The van der Waals surface area contributed by atoms with E-state index in [-0.39, 0.29) is 12.0 Å². The molecule has 0 bridgehead atoms. The van der Waals surface area contributed by atoms with Crippen LogP contribution in [0.3, 0.4) is 0 Å². The quantitative estimate of drug-likeness (QED) is 0.723. The number of nitrogens with one attached hydrogen (secondary N) is 2. The van der Waals surface area contributed by atoms with E-state index in [4.69, 9.17) is 9.47 Å². The molecule has 0 aliphatic carbocycles. The smallest absolute Gasteiger partial charge is 0.270 e. The lowest BCUT2D eigenvalue weighted by Gasteiger charge is -2.11. The van der Waals surface area contributed by atoms with E-state index in [1.165, 1.54) is 6.20 Å². The second kappa shape index (κ2) is 8.83. The molecular weight excluding hydrogens is 308 g/mol. The lowest BCUT2D eigenvalue weighted by molar-refractivity contribution is 0.0932. The molecule has 128 valence electrons. The second-order valence-corrected chi connectivity index (χ2v) is 5.33. The zero-order chi connectivity index (χ0) is 17.4. The molecule has 2 rings (SSSR count). The number of rotatable bonds is 8. The molecule has 1 aromatic carbocycles. The number of amides is 1. The number of ether oxygens (including phenoxy) is 2. The summed E-state index contributed by atoms with van der Waals surface area (Å²) in [5, 5.41) is 5.78. The maximum Gasteiger partial charge on any atom is 0.270 e. The number of carbonyl (C=O) groups excluding carboxylic acids is 1. The van der Waals surface area contributed by atoms with Gasteiger partial charge in [0.25, 0.3) is 5.91 Å². The predicted molar refractivity (Wildman–Crippen MR) is 91.7 cm³/mol. The van der Waals surface area contributed by atoms with Gasteiger partial charge in [-0.05, 0) is 44.2 Å². The summed E-state index contributed by atoms with van der Waals surface area (Å²) in [5.41, 5.74) is 1.10. The Morgan fingerprint density at radius 1 is 1.21 bits per heavy atom. The van der Waals surface area contributed by atoms with E-state index in [9.17, 15) is 4.79 Å². The van der Waals surface area contributed by atoms with Gasteiger partial charge in [-0.25, -0.2) is 9.97 Å². The van der Waals surface area contributed by atoms with Crippen LogP contribution >= 0.6 is 0 Å². The summed E-state index contributed by atoms with van der Waals surface area (Å²) in [5.74, 6) is 0.882. The van der Waals surface area contributed by atoms with Gasteiger partial charge in [-0.3, -0.25) is 4.79 Å². The number of anilines is 2. The van der Waals surface area contributed by atoms with Crippen molar-refractivity contribution in [2.24, 2.45) is 0 Å². The molecule has 0 fully saturated rings. The Balaban J connectivity index is 1.99. The lowest BCUT2D eigenvalue weighted by Crippen LogP contribution is -2.27. The van der Waals surface area contributed by atoms with E-state index < -0.39 is 0 Å². The highest BCUT2D eigenvalue weighted by molar-refractivity contribution is 5.92. The molecule has 0 unspecified atom stereocenters. The van der Waals surface area contributed by atoms with E-state index in [1.807, 2.05) is 38.1 Å². The first-order valence-electron chi connectivity index (χ1n) is 7.72. The molecule has 0 aliphatic heterocycles. The lowest BCUT2D eigenvalue weighted by atomic mass is 10.3. The van der Waals surface area contributed by atoms with Gasteiger partial charge in [0.1, 0.15) is 11.4 Å². The van der Waals surface area contributed by atoms with Crippen LogP contribution in [0, 0.1) is 0 Å². The predicted octanol–water partition coefficient (Wildman–Crippen LogP) is 2.38. The van der Waals surface area contributed by atoms with Crippen LogP contribution in [0.4, 0.5) is 11.6 Å². The number of methoxy groups -OCH3 is 1. The van der Waals surface area contributed by atoms with Crippen LogP contribution in [0.1, 0.15) is 24.3 Å². The minimum atomic E-state index is -0.266. The highest BCUT2D eigenvalue weighted by atomic mass is 16.5. The summed E-state index contributed by atoms with van der Waals surface area (Å²) >= 11 is 0. The maximum absolute atomic E-state index is 12.0. The van der Waals surface area contributed by atoms with Crippen molar-refractivity contribution in [3.8, 4) is 5.75 Å². The highest BCUT2D eigenvalue weighted by Gasteiger charge is 2.08. The van der Waals surface area contributed by atoms with Crippen molar-refractivity contribution in [3.63, 3.8) is 0 Å². The van der Waals surface area contributed by atoms with Gasteiger partial charge in [0.2, 0.25) is 5.95 Å². The first-order valence-corrected chi connectivity index (χ1v) is 7.72. The van der Waals surface area contributed by atoms with E-state index in [1.54, 1.807) is 13.2 Å². The number of nitrogens with zero attached hydrogens (tertiary/aromatic N) is 2. The zero-order valence-corrected chi connectivity index (χ0v) is 14.1. The highest BCUT2D eigenvalue weighted by Crippen LogP contribution is 2.19. The molecule has 7 heteroatoms. The fourth-order valence-corrected chi connectivity index (χ4v) is 1.92. The molecule has 2 N–H and O–H groups in total. The van der Waals surface area contributed by atoms with Crippen LogP contribution in [-0.2, 0) is 4.74 Å². The van der Waals surface area contributed by atoms with Crippen molar-refractivity contribution in [2.45, 2.75) is 20.0 Å². The molecule has 0 atom stereocenters. The molecule has 0 saturated carbocycles. The summed E-state index contributed by atoms with van der Waals surface area (Å²) in [4.78, 5) is 20.3. The van der Waals surface area contributed by atoms with Crippen LogP contribution in [-0.4, -0.2) is 42.2 Å². The minimum absolute atomic E-state index is 0.125. The summed E-state index contributed by atoms with van der Waals surface area (Å²) in [7, 11) is 1.58. The van der Waals surface area contributed by atoms with Gasteiger partial charge >= 0.3 is 0 Å². The summed E-state index contributed by atoms with van der Waals surface area (Å²) in [6.45, 7) is 4.83. The third kappa shape index (κ3) is 5.51. The molecule has 0 radical (unpaired) electrons. The average Bonchev–Trinajstić information content (AvgIpc) is 2.56. The van der Waals surface area contributed by atoms with Crippen molar-refractivity contribution in [1.29, 1.82) is 0 Å². The first kappa shape index (κ1) is 17.7. The average molecular weight is 330 g/mol. The Morgan fingerprint density at radius 3 is 2.62 bits per heavy atom. The molecule has 24 heavy (non-hydrogen) atoms. The topological polar surface area (TPSA) is 85.4 Å². The molecular formula is C17H22N4O3. The van der Waals surface area contributed by atoms with Crippen molar-refractivity contribution < 1.29 is 14.3 Å². The Bertz CT molecular complexity index is 659. The summed E-state index contributed by atoms with van der Waals surface area (Å²) < 4.78 is 10.5. The van der Waals surface area contributed by atoms with Gasteiger partial charge in [0, 0.05) is 25.5 Å². The van der Waals surface area contributed by atoms with Crippen LogP contribution < -0.4 is 15.4 Å². The Hall–Kier alpha value is -2.67.